The fourth-order valence-electron chi connectivity index (χ4n) is 3.61. The van der Waals surface area contributed by atoms with Crippen LogP contribution in [-0.2, 0) is 16.1 Å². The number of aliphatic hydroxyl groups excluding tert-OH is 1. The van der Waals surface area contributed by atoms with Gasteiger partial charge in [0.05, 0.1) is 18.8 Å². The van der Waals surface area contributed by atoms with Crippen molar-refractivity contribution in [1.82, 2.24) is 0 Å². The summed E-state index contributed by atoms with van der Waals surface area (Å²) in [4.78, 5) is 10.5. The first-order valence-electron chi connectivity index (χ1n) is 11.7. The largest absolute Gasteiger partial charge is 0.481 e. The van der Waals surface area contributed by atoms with E-state index in [-0.39, 0.29) is 6.42 Å². The molecule has 4 nitrogen and oxygen atoms in total. The number of hydrogen-bond acceptors (Lipinski definition) is 3. The highest BCUT2D eigenvalue weighted by atomic mass is 16.5. The molecular weight excluding hydrogens is 364 g/mol. The van der Waals surface area contributed by atoms with Gasteiger partial charge < -0.3 is 14.9 Å². The predicted molar refractivity (Wildman–Crippen MR) is 119 cm³/mol. The number of benzene rings is 1. The van der Waals surface area contributed by atoms with Gasteiger partial charge in [0.25, 0.3) is 0 Å². The second kappa shape index (κ2) is 17.5. The molecule has 0 aromatic heterocycles. The van der Waals surface area contributed by atoms with Crippen molar-refractivity contribution in [2.75, 3.05) is 0 Å². The molecule has 0 aliphatic carbocycles. The molecular formula is C25H42O4. The molecule has 1 aromatic carbocycles. The number of carbonyl (C=O) groups is 1. The summed E-state index contributed by atoms with van der Waals surface area (Å²) in [7, 11) is 0. The second-order valence-corrected chi connectivity index (χ2v) is 8.20. The monoisotopic (exact) mass is 406 g/mol. The number of ether oxygens (including phenoxy) is 1. The van der Waals surface area contributed by atoms with E-state index in [1.165, 1.54) is 37.7 Å². The molecule has 0 amide bonds. The summed E-state index contributed by atoms with van der Waals surface area (Å²) in [6.45, 7) is 2.94. The molecule has 0 radical (unpaired) electrons. The Morgan fingerprint density at radius 2 is 1.45 bits per heavy atom. The molecule has 0 saturated carbocycles. The highest BCUT2D eigenvalue weighted by molar-refractivity contribution is 5.66. The lowest BCUT2D eigenvalue weighted by molar-refractivity contribution is -0.137. The molecule has 0 aliphatic heterocycles. The zero-order chi connectivity index (χ0) is 21.2. The average Bonchev–Trinajstić information content (AvgIpc) is 2.72. The summed E-state index contributed by atoms with van der Waals surface area (Å²) in [5, 5.41) is 18.4. The normalized spacial score (nSPS) is 13.3. The van der Waals surface area contributed by atoms with Crippen molar-refractivity contribution in [1.29, 1.82) is 0 Å². The van der Waals surface area contributed by atoms with Gasteiger partial charge in [0.2, 0.25) is 0 Å². The van der Waals surface area contributed by atoms with Gasteiger partial charge in [-0.2, -0.15) is 0 Å². The van der Waals surface area contributed by atoms with Crippen LogP contribution in [0, 0.1) is 0 Å². The zero-order valence-electron chi connectivity index (χ0n) is 18.4. The van der Waals surface area contributed by atoms with Gasteiger partial charge in [-0.05, 0) is 31.2 Å². The SMILES string of the molecule is CCCCCCCC(CCCCCCC(O)CCC(=O)O)OCc1ccccc1. The van der Waals surface area contributed by atoms with E-state index in [0.717, 1.165) is 38.5 Å². The van der Waals surface area contributed by atoms with Crippen LogP contribution in [0.1, 0.15) is 102 Å². The quantitative estimate of drug-likeness (QED) is 0.257. The molecule has 29 heavy (non-hydrogen) atoms. The Morgan fingerprint density at radius 3 is 2.03 bits per heavy atom. The molecule has 166 valence electrons. The number of hydrogen-bond donors (Lipinski definition) is 2. The average molecular weight is 407 g/mol. The Hall–Kier alpha value is -1.39. The molecule has 0 heterocycles. The molecule has 1 rings (SSSR count). The smallest absolute Gasteiger partial charge is 0.303 e. The first-order valence-corrected chi connectivity index (χ1v) is 11.7. The third-order valence-corrected chi connectivity index (χ3v) is 5.46. The number of carboxylic acid groups (broad SMARTS) is 1. The van der Waals surface area contributed by atoms with Crippen LogP contribution in [0.15, 0.2) is 30.3 Å². The minimum Gasteiger partial charge on any atom is -0.481 e. The van der Waals surface area contributed by atoms with Crippen molar-refractivity contribution in [2.45, 2.75) is 116 Å². The predicted octanol–water partition coefficient (Wildman–Crippen LogP) is 6.50. The van der Waals surface area contributed by atoms with Gasteiger partial charge in [0.1, 0.15) is 0 Å². The van der Waals surface area contributed by atoms with Crippen LogP contribution in [0.2, 0.25) is 0 Å². The van der Waals surface area contributed by atoms with Crippen molar-refractivity contribution in [3.8, 4) is 0 Å². The molecule has 1 aromatic rings. The van der Waals surface area contributed by atoms with E-state index in [4.69, 9.17) is 9.84 Å². The van der Waals surface area contributed by atoms with Gasteiger partial charge in [0.15, 0.2) is 0 Å². The topological polar surface area (TPSA) is 66.8 Å². The van der Waals surface area contributed by atoms with Gasteiger partial charge in [0, 0.05) is 6.42 Å². The van der Waals surface area contributed by atoms with E-state index in [0.29, 0.717) is 25.6 Å². The lowest BCUT2D eigenvalue weighted by Gasteiger charge is -2.18. The fraction of sp³-hybridized carbons (Fsp3) is 0.720. The fourth-order valence-corrected chi connectivity index (χ4v) is 3.61. The van der Waals surface area contributed by atoms with Crippen LogP contribution in [0.3, 0.4) is 0 Å². The molecule has 0 bridgehead atoms. The second-order valence-electron chi connectivity index (χ2n) is 8.20. The number of rotatable bonds is 19. The highest BCUT2D eigenvalue weighted by Crippen LogP contribution is 2.18. The maximum Gasteiger partial charge on any atom is 0.303 e. The van der Waals surface area contributed by atoms with Crippen molar-refractivity contribution in [3.63, 3.8) is 0 Å². The lowest BCUT2D eigenvalue weighted by Crippen LogP contribution is -2.13. The molecule has 2 N–H and O–H groups in total. The molecule has 0 aliphatic rings. The van der Waals surface area contributed by atoms with Gasteiger partial charge >= 0.3 is 5.97 Å². The Balaban J connectivity index is 2.20. The van der Waals surface area contributed by atoms with Crippen molar-refractivity contribution in [2.24, 2.45) is 0 Å². The van der Waals surface area contributed by atoms with Gasteiger partial charge in [-0.3, -0.25) is 4.79 Å². The molecule has 2 unspecified atom stereocenters. The first-order chi connectivity index (χ1) is 14.1. The van der Waals surface area contributed by atoms with Crippen molar-refractivity contribution in [3.05, 3.63) is 35.9 Å². The van der Waals surface area contributed by atoms with Crippen LogP contribution in [0.4, 0.5) is 0 Å². The maximum atomic E-state index is 10.5. The molecule has 4 heteroatoms. The Labute approximate surface area is 177 Å². The number of carboxylic acids is 1. The zero-order valence-corrected chi connectivity index (χ0v) is 18.4. The van der Waals surface area contributed by atoms with Crippen LogP contribution in [0.5, 0.6) is 0 Å². The van der Waals surface area contributed by atoms with Crippen molar-refractivity contribution >= 4 is 5.97 Å². The van der Waals surface area contributed by atoms with Gasteiger partial charge in [-0.25, -0.2) is 0 Å². The minimum atomic E-state index is -0.833. The van der Waals surface area contributed by atoms with E-state index in [9.17, 15) is 9.90 Å². The number of aliphatic hydroxyl groups is 1. The van der Waals surface area contributed by atoms with Gasteiger partial charge in [-0.15, -0.1) is 0 Å². The lowest BCUT2D eigenvalue weighted by atomic mass is 10.0. The number of unbranched alkanes of at least 4 members (excludes halogenated alkanes) is 7. The summed E-state index contributed by atoms with van der Waals surface area (Å²) in [6.07, 6.45) is 14.1. The van der Waals surface area contributed by atoms with E-state index in [1.54, 1.807) is 0 Å². The Bertz CT molecular complexity index is 503. The third-order valence-electron chi connectivity index (χ3n) is 5.46. The van der Waals surface area contributed by atoms with Crippen LogP contribution < -0.4 is 0 Å². The van der Waals surface area contributed by atoms with E-state index in [1.807, 2.05) is 6.07 Å². The standard InChI is InChI=1S/C25H42O4/c1-2-3-4-5-12-17-24(29-21-22-14-9-8-10-15-22)18-13-7-6-11-16-23(26)19-20-25(27)28/h8-10,14-15,23-24,26H,2-7,11-13,16-21H2,1H3,(H,27,28). The van der Waals surface area contributed by atoms with Crippen LogP contribution >= 0.6 is 0 Å². The van der Waals surface area contributed by atoms with Gasteiger partial charge in [-0.1, -0.05) is 95.0 Å². The number of aliphatic carboxylic acids is 1. The Morgan fingerprint density at radius 1 is 0.862 bits per heavy atom. The summed E-state index contributed by atoms with van der Waals surface area (Å²) in [5.41, 5.74) is 1.24. The van der Waals surface area contributed by atoms with Crippen molar-refractivity contribution < 1.29 is 19.7 Å². The Kier molecular flexibility index (Phi) is 15.4. The molecule has 0 spiro atoms. The van der Waals surface area contributed by atoms with Crippen LogP contribution in [-0.4, -0.2) is 28.4 Å². The summed E-state index contributed by atoms with van der Waals surface area (Å²) in [5.74, 6) is -0.833. The molecule has 0 saturated heterocycles. The molecule has 0 fully saturated rings. The first kappa shape index (κ1) is 25.6. The van der Waals surface area contributed by atoms with E-state index in [2.05, 4.69) is 31.2 Å². The summed E-state index contributed by atoms with van der Waals surface area (Å²) >= 11 is 0. The van der Waals surface area contributed by atoms with Crippen LogP contribution in [0.25, 0.3) is 0 Å². The summed E-state index contributed by atoms with van der Waals surface area (Å²) in [6, 6.07) is 10.4. The maximum absolute atomic E-state index is 10.5. The third kappa shape index (κ3) is 15.2. The minimum absolute atomic E-state index is 0.0554. The molecule has 2 atom stereocenters. The van der Waals surface area contributed by atoms with E-state index >= 15 is 0 Å². The highest BCUT2D eigenvalue weighted by Gasteiger charge is 2.10. The van der Waals surface area contributed by atoms with E-state index < -0.39 is 12.1 Å². The summed E-state index contributed by atoms with van der Waals surface area (Å²) < 4.78 is 6.24.